The largest absolute Gasteiger partial charge is 0.273 e. The first kappa shape index (κ1) is 17.2. The van der Waals surface area contributed by atoms with Gasteiger partial charge in [-0.1, -0.05) is 46.8 Å². The Hall–Kier alpha value is -1.84. The maximum Gasteiger partial charge on any atom is 0.269 e. The van der Waals surface area contributed by atoms with E-state index in [9.17, 15) is 9.59 Å². The van der Waals surface area contributed by atoms with E-state index in [1.165, 1.54) is 5.56 Å². The van der Waals surface area contributed by atoms with Crippen molar-refractivity contribution >= 4 is 11.8 Å². The number of amides is 2. The maximum atomic E-state index is 12.0. The first-order valence-corrected chi connectivity index (χ1v) is 7.50. The topological polar surface area (TPSA) is 58.2 Å². The number of nitrogens with one attached hydrogen (secondary N) is 2. The first-order valence-electron chi connectivity index (χ1n) is 7.50. The van der Waals surface area contributed by atoms with E-state index in [1.54, 1.807) is 12.1 Å². The minimum atomic E-state index is -0.297. The number of benzene rings is 1. The molecule has 4 nitrogen and oxygen atoms in total. The number of hydrazine groups is 1. The van der Waals surface area contributed by atoms with Crippen molar-refractivity contribution in [2.45, 2.75) is 52.9 Å². The summed E-state index contributed by atoms with van der Waals surface area (Å²) >= 11 is 0. The summed E-state index contributed by atoms with van der Waals surface area (Å²) in [5, 5.41) is 0. The van der Waals surface area contributed by atoms with Gasteiger partial charge in [-0.25, -0.2) is 0 Å². The number of carbonyl (C=O) groups is 2. The zero-order valence-electron chi connectivity index (χ0n) is 13.6. The molecule has 0 heterocycles. The van der Waals surface area contributed by atoms with Gasteiger partial charge < -0.3 is 0 Å². The van der Waals surface area contributed by atoms with Crippen LogP contribution in [0.5, 0.6) is 0 Å². The molecule has 116 valence electrons. The fourth-order valence-corrected chi connectivity index (χ4v) is 2.07. The zero-order valence-corrected chi connectivity index (χ0v) is 13.6. The molecule has 4 heteroatoms. The highest BCUT2D eigenvalue weighted by atomic mass is 16.2. The third-order valence-electron chi connectivity index (χ3n) is 3.67. The fraction of sp³-hybridized carbons (Fsp3) is 0.529. The van der Waals surface area contributed by atoms with Crippen molar-refractivity contribution in [3.05, 3.63) is 35.4 Å². The average molecular weight is 290 g/mol. The molecule has 0 atom stereocenters. The Morgan fingerprint density at radius 1 is 1.00 bits per heavy atom. The molecule has 0 aliphatic heterocycles. The SMILES string of the molecule is CCC(CC)C(=O)NNC(=O)c1ccc(C(C)(C)C)cc1. The Balaban J connectivity index is 2.62. The van der Waals surface area contributed by atoms with Crippen molar-refractivity contribution < 1.29 is 9.59 Å². The third-order valence-corrected chi connectivity index (χ3v) is 3.67. The first-order chi connectivity index (χ1) is 9.79. The Morgan fingerprint density at radius 3 is 1.95 bits per heavy atom. The minimum Gasteiger partial charge on any atom is -0.273 e. The van der Waals surface area contributed by atoms with Gasteiger partial charge in [0.25, 0.3) is 5.91 Å². The van der Waals surface area contributed by atoms with Gasteiger partial charge in [0.2, 0.25) is 5.91 Å². The van der Waals surface area contributed by atoms with Gasteiger partial charge in [-0.05, 0) is 36.0 Å². The Labute approximate surface area is 127 Å². The molecular formula is C17H26N2O2. The highest BCUT2D eigenvalue weighted by Crippen LogP contribution is 2.22. The summed E-state index contributed by atoms with van der Waals surface area (Å²) in [5.74, 6) is -0.497. The summed E-state index contributed by atoms with van der Waals surface area (Å²) in [6.07, 6.45) is 1.52. The highest BCUT2D eigenvalue weighted by Gasteiger charge is 2.16. The monoisotopic (exact) mass is 290 g/mol. The molecule has 0 fully saturated rings. The van der Waals surface area contributed by atoms with Crippen molar-refractivity contribution in [1.82, 2.24) is 10.9 Å². The second kappa shape index (κ2) is 7.25. The van der Waals surface area contributed by atoms with Gasteiger partial charge in [-0.15, -0.1) is 0 Å². The van der Waals surface area contributed by atoms with E-state index < -0.39 is 0 Å². The third kappa shape index (κ3) is 4.88. The lowest BCUT2D eigenvalue weighted by atomic mass is 9.87. The molecule has 0 aliphatic carbocycles. The van der Waals surface area contributed by atoms with Gasteiger partial charge in [0.1, 0.15) is 0 Å². The van der Waals surface area contributed by atoms with Crippen LogP contribution in [0.4, 0.5) is 0 Å². The van der Waals surface area contributed by atoms with Crippen LogP contribution in [0.3, 0.4) is 0 Å². The lowest BCUT2D eigenvalue weighted by molar-refractivity contribution is -0.125. The van der Waals surface area contributed by atoms with Gasteiger partial charge in [0.15, 0.2) is 0 Å². The maximum absolute atomic E-state index is 12.0. The van der Waals surface area contributed by atoms with Crippen molar-refractivity contribution in [3.8, 4) is 0 Å². The van der Waals surface area contributed by atoms with Crippen LogP contribution in [0.25, 0.3) is 0 Å². The van der Waals surface area contributed by atoms with Gasteiger partial charge in [0.05, 0.1) is 0 Å². The summed E-state index contributed by atoms with van der Waals surface area (Å²) in [5.41, 5.74) is 6.71. The molecule has 0 bridgehead atoms. The molecule has 2 amide bonds. The van der Waals surface area contributed by atoms with E-state index in [-0.39, 0.29) is 23.1 Å². The Kier molecular flexibility index (Phi) is 5.94. The molecule has 0 radical (unpaired) electrons. The predicted octanol–water partition coefficient (Wildman–Crippen LogP) is 3.18. The molecule has 21 heavy (non-hydrogen) atoms. The van der Waals surface area contributed by atoms with E-state index in [1.807, 2.05) is 26.0 Å². The molecule has 1 aromatic rings. The van der Waals surface area contributed by atoms with Crippen LogP contribution < -0.4 is 10.9 Å². The number of hydrogen-bond donors (Lipinski definition) is 2. The van der Waals surface area contributed by atoms with Crippen LogP contribution in [0.2, 0.25) is 0 Å². The molecule has 0 spiro atoms. The van der Waals surface area contributed by atoms with Crippen molar-refractivity contribution in [1.29, 1.82) is 0 Å². The number of rotatable bonds is 4. The van der Waals surface area contributed by atoms with E-state index >= 15 is 0 Å². The van der Waals surface area contributed by atoms with Gasteiger partial charge in [-0.3, -0.25) is 20.4 Å². The minimum absolute atomic E-state index is 0.0543. The lowest BCUT2D eigenvalue weighted by Gasteiger charge is -2.19. The summed E-state index contributed by atoms with van der Waals surface area (Å²) in [6, 6.07) is 7.44. The van der Waals surface area contributed by atoms with E-state index in [0.29, 0.717) is 5.56 Å². The predicted molar refractivity (Wildman–Crippen MR) is 84.8 cm³/mol. The van der Waals surface area contributed by atoms with Crippen LogP contribution in [0, 0.1) is 5.92 Å². The lowest BCUT2D eigenvalue weighted by Crippen LogP contribution is -2.44. The van der Waals surface area contributed by atoms with Gasteiger partial charge >= 0.3 is 0 Å². The van der Waals surface area contributed by atoms with Crippen molar-refractivity contribution in [2.75, 3.05) is 0 Å². The van der Waals surface area contributed by atoms with Crippen LogP contribution in [0.1, 0.15) is 63.4 Å². The number of hydrogen-bond acceptors (Lipinski definition) is 2. The van der Waals surface area contributed by atoms with E-state index in [0.717, 1.165) is 12.8 Å². The smallest absolute Gasteiger partial charge is 0.269 e. The fourth-order valence-electron chi connectivity index (χ4n) is 2.07. The zero-order chi connectivity index (χ0) is 16.0. The molecule has 1 rings (SSSR count). The molecule has 0 saturated carbocycles. The van der Waals surface area contributed by atoms with Crippen LogP contribution in [-0.2, 0) is 10.2 Å². The summed E-state index contributed by atoms with van der Waals surface area (Å²) < 4.78 is 0. The molecule has 0 unspecified atom stereocenters. The second-order valence-corrected chi connectivity index (χ2v) is 6.28. The normalized spacial score (nSPS) is 11.3. The number of carbonyl (C=O) groups excluding carboxylic acids is 2. The van der Waals surface area contributed by atoms with Crippen LogP contribution in [0.15, 0.2) is 24.3 Å². The Morgan fingerprint density at radius 2 is 1.52 bits per heavy atom. The molecular weight excluding hydrogens is 264 g/mol. The van der Waals surface area contributed by atoms with Crippen molar-refractivity contribution in [2.24, 2.45) is 5.92 Å². The van der Waals surface area contributed by atoms with Crippen LogP contribution in [-0.4, -0.2) is 11.8 Å². The molecule has 0 aromatic heterocycles. The van der Waals surface area contributed by atoms with Gasteiger partial charge in [-0.2, -0.15) is 0 Å². The standard InChI is InChI=1S/C17H26N2O2/c1-6-12(7-2)15(20)18-19-16(21)13-8-10-14(11-9-13)17(3,4)5/h8-12H,6-7H2,1-5H3,(H,18,20)(H,19,21). The molecule has 1 aromatic carbocycles. The summed E-state index contributed by atoms with van der Waals surface area (Å²) in [7, 11) is 0. The Bertz CT molecular complexity index is 483. The highest BCUT2D eigenvalue weighted by molar-refractivity contribution is 5.95. The molecule has 2 N–H and O–H groups in total. The quantitative estimate of drug-likeness (QED) is 0.837. The van der Waals surface area contributed by atoms with E-state index in [2.05, 4.69) is 31.6 Å². The van der Waals surface area contributed by atoms with Crippen LogP contribution >= 0.6 is 0 Å². The average Bonchev–Trinajstić information content (AvgIpc) is 2.45. The van der Waals surface area contributed by atoms with E-state index in [4.69, 9.17) is 0 Å². The molecule has 0 saturated heterocycles. The molecule has 0 aliphatic rings. The second-order valence-electron chi connectivity index (χ2n) is 6.28. The summed E-state index contributed by atoms with van der Waals surface area (Å²) in [4.78, 5) is 23.8. The summed E-state index contributed by atoms with van der Waals surface area (Å²) in [6.45, 7) is 10.3. The van der Waals surface area contributed by atoms with Crippen molar-refractivity contribution in [3.63, 3.8) is 0 Å². The van der Waals surface area contributed by atoms with Gasteiger partial charge in [0, 0.05) is 11.5 Å².